The molecule has 110 valence electrons. The normalized spacial score (nSPS) is 16.9. The summed E-state index contributed by atoms with van der Waals surface area (Å²) in [6.45, 7) is 12.9. The Bertz CT molecular complexity index is 386. The molecule has 19 heavy (non-hydrogen) atoms. The summed E-state index contributed by atoms with van der Waals surface area (Å²) in [6, 6.07) is 0.667. The number of aromatic nitrogens is 2. The van der Waals surface area contributed by atoms with Gasteiger partial charge in [0, 0.05) is 35.9 Å². The number of aliphatic hydroxyl groups is 1. The highest BCUT2D eigenvalue weighted by Crippen LogP contribution is 2.25. The third kappa shape index (κ3) is 4.32. The first-order valence-corrected chi connectivity index (χ1v) is 7.20. The van der Waals surface area contributed by atoms with Crippen LogP contribution in [0.1, 0.15) is 65.7 Å². The first-order chi connectivity index (χ1) is 8.79. The number of aliphatic hydroxyl groups excluding tert-OH is 1. The van der Waals surface area contributed by atoms with E-state index in [4.69, 9.17) is 0 Å². The van der Waals surface area contributed by atoms with Gasteiger partial charge in [-0.05, 0) is 20.3 Å². The molecule has 0 aromatic carbocycles. The van der Waals surface area contributed by atoms with E-state index in [1.165, 1.54) is 0 Å². The summed E-state index contributed by atoms with van der Waals surface area (Å²) in [5.74, 6) is 1.52. The number of hydrogen-bond acceptors (Lipinski definition) is 3. The second kappa shape index (κ2) is 6.53. The van der Waals surface area contributed by atoms with Gasteiger partial charge in [0.15, 0.2) is 0 Å². The summed E-state index contributed by atoms with van der Waals surface area (Å²) in [5, 5.41) is 13.1. The summed E-state index contributed by atoms with van der Waals surface area (Å²) in [7, 11) is 0. The maximum atomic E-state index is 9.67. The van der Waals surface area contributed by atoms with Crippen molar-refractivity contribution in [2.45, 2.75) is 71.5 Å². The first kappa shape index (κ1) is 16.2. The van der Waals surface area contributed by atoms with Gasteiger partial charge in [0.2, 0.25) is 0 Å². The molecule has 4 heteroatoms. The molecule has 2 N–H and O–H groups in total. The number of nitrogens with zero attached hydrogens (tertiary/aromatic N) is 2. The third-order valence-corrected chi connectivity index (χ3v) is 3.42. The van der Waals surface area contributed by atoms with Crippen LogP contribution in [-0.2, 0) is 0 Å². The van der Waals surface area contributed by atoms with Crippen molar-refractivity contribution in [2.24, 2.45) is 0 Å². The summed E-state index contributed by atoms with van der Waals surface area (Å²) in [6.07, 6.45) is 4.77. The highest BCUT2D eigenvalue weighted by atomic mass is 16.3. The fourth-order valence-corrected chi connectivity index (χ4v) is 2.76. The minimum atomic E-state index is -0.258. The van der Waals surface area contributed by atoms with Crippen LogP contribution in [0.3, 0.4) is 0 Å². The van der Waals surface area contributed by atoms with Crippen molar-refractivity contribution in [3.63, 3.8) is 0 Å². The summed E-state index contributed by atoms with van der Waals surface area (Å²) in [5.41, 5.74) is -0.258. The van der Waals surface area contributed by atoms with Gasteiger partial charge in [-0.25, -0.2) is 4.98 Å². The molecule has 4 nitrogen and oxygen atoms in total. The van der Waals surface area contributed by atoms with Gasteiger partial charge in [0.25, 0.3) is 0 Å². The molecule has 0 fully saturated rings. The first-order valence-electron chi connectivity index (χ1n) is 7.20. The maximum Gasteiger partial charge on any atom is 0.111 e. The fourth-order valence-electron chi connectivity index (χ4n) is 2.76. The molecule has 0 spiro atoms. The number of rotatable bonds is 7. The largest absolute Gasteiger partial charge is 0.394 e. The van der Waals surface area contributed by atoms with E-state index in [1.807, 2.05) is 12.4 Å². The lowest BCUT2D eigenvalue weighted by Crippen LogP contribution is -2.50. The Labute approximate surface area is 117 Å². The Morgan fingerprint density at radius 1 is 1.32 bits per heavy atom. The topological polar surface area (TPSA) is 50.1 Å². The second-order valence-electron chi connectivity index (χ2n) is 6.42. The minimum Gasteiger partial charge on any atom is -0.394 e. The van der Waals surface area contributed by atoms with Crippen LogP contribution in [0.2, 0.25) is 0 Å². The van der Waals surface area contributed by atoms with E-state index in [0.717, 1.165) is 12.2 Å². The lowest BCUT2D eigenvalue weighted by Gasteiger charge is -2.34. The zero-order valence-corrected chi connectivity index (χ0v) is 13.1. The van der Waals surface area contributed by atoms with Gasteiger partial charge in [-0.1, -0.05) is 27.7 Å². The Balaban J connectivity index is 2.82. The predicted octanol–water partition coefficient (Wildman–Crippen LogP) is 2.71. The van der Waals surface area contributed by atoms with Crippen molar-refractivity contribution < 1.29 is 5.11 Å². The summed E-state index contributed by atoms with van der Waals surface area (Å²) >= 11 is 0. The van der Waals surface area contributed by atoms with E-state index < -0.39 is 0 Å². The Kier molecular flexibility index (Phi) is 5.56. The molecule has 1 rings (SSSR count). The van der Waals surface area contributed by atoms with Crippen molar-refractivity contribution in [2.75, 3.05) is 6.61 Å². The van der Waals surface area contributed by atoms with Crippen LogP contribution in [0.15, 0.2) is 12.4 Å². The second-order valence-corrected chi connectivity index (χ2v) is 6.42. The molecule has 0 amide bonds. The van der Waals surface area contributed by atoms with Crippen molar-refractivity contribution in [3.05, 3.63) is 18.2 Å². The molecule has 0 bridgehead atoms. The third-order valence-electron chi connectivity index (χ3n) is 3.42. The average molecular weight is 267 g/mol. The predicted molar refractivity (Wildman–Crippen MR) is 79.4 cm³/mol. The maximum absolute atomic E-state index is 9.67. The van der Waals surface area contributed by atoms with Crippen LogP contribution >= 0.6 is 0 Å². The molecule has 1 heterocycles. The molecule has 0 saturated heterocycles. The van der Waals surface area contributed by atoms with Crippen molar-refractivity contribution in [3.8, 4) is 0 Å². The molecule has 2 atom stereocenters. The number of imidazole rings is 1. The van der Waals surface area contributed by atoms with Gasteiger partial charge in [0.1, 0.15) is 5.82 Å². The molecule has 0 saturated carbocycles. The smallest absolute Gasteiger partial charge is 0.111 e. The zero-order valence-electron chi connectivity index (χ0n) is 13.1. The fraction of sp³-hybridized carbons (Fsp3) is 0.800. The minimum absolute atomic E-state index is 0.140. The Morgan fingerprint density at radius 3 is 2.42 bits per heavy atom. The van der Waals surface area contributed by atoms with Crippen LogP contribution in [0.5, 0.6) is 0 Å². The quantitative estimate of drug-likeness (QED) is 0.798. The average Bonchev–Trinajstić information content (AvgIpc) is 2.76. The van der Waals surface area contributed by atoms with Crippen LogP contribution < -0.4 is 5.32 Å². The van der Waals surface area contributed by atoms with Crippen LogP contribution in [0, 0.1) is 0 Å². The monoisotopic (exact) mass is 267 g/mol. The van der Waals surface area contributed by atoms with E-state index in [0.29, 0.717) is 18.0 Å². The van der Waals surface area contributed by atoms with E-state index in [2.05, 4.69) is 56.4 Å². The molecule has 1 aromatic rings. The molecule has 0 aliphatic rings. The molecule has 1 aromatic heterocycles. The highest BCUT2D eigenvalue weighted by molar-refractivity contribution is 5.01. The molecular formula is C15H29N3O. The standard InChI is InChI=1S/C15H29N3O/c1-11(2)14-16-7-8-18(14)13(5)9-15(6,10-19)17-12(3)4/h7-8,11-13,17,19H,9-10H2,1-6H3. The van der Waals surface area contributed by atoms with Crippen LogP contribution in [-0.4, -0.2) is 32.8 Å². The Morgan fingerprint density at radius 2 is 1.95 bits per heavy atom. The molecule has 2 unspecified atom stereocenters. The van der Waals surface area contributed by atoms with Crippen molar-refractivity contribution in [1.82, 2.24) is 14.9 Å². The number of hydrogen-bond donors (Lipinski definition) is 2. The van der Waals surface area contributed by atoms with E-state index in [9.17, 15) is 5.11 Å². The Hall–Kier alpha value is -0.870. The SMILES string of the molecule is CC(C)NC(C)(CO)CC(C)n1ccnc1C(C)C. The van der Waals surface area contributed by atoms with Crippen LogP contribution in [0.4, 0.5) is 0 Å². The van der Waals surface area contributed by atoms with Gasteiger partial charge in [-0.15, -0.1) is 0 Å². The molecular weight excluding hydrogens is 238 g/mol. The van der Waals surface area contributed by atoms with Gasteiger partial charge in [-0.3, -0.25) is 0 Å². The van der Waals surface area contributed by atoms with E-state index in [1.54, 1.807) is 0 Å². The van der Waals surface area contributed by atoms with Gasteiger partial charge >= 0.3 is 0 Å². The van der Waals surface area contributed by atoms with Crippen molar-refractivity contribution >= 4 is 0 Å². The number of nitrogens with one attached hydrogen (secondary N) is 1. The van der Waals surface area contributed by atoms with Gasteiger partial charge in [0.05, 0.1) is 6.61 Å². The molecule has 0 aliphatic heterocycles. The lowest BCUT2D eigenvalue weighted by molar-refractivity contribution is 0.142. The van der Waals surface area contributed by atoms with Gasteiger partial charge in [-0.2, -0.15) is 0 Å². The lowest BCUT2D eigenvalue weighted by atomic mass is 9.93. The van der Waals surface area contributed by atoms with Crippen LogP contribution in [0.25, 0.3) is 0 Å². The molecule has 0 radical (unpaired) electrons. The van der Waals surface area contributed by atoms with Gasteiger partial charge < -0.3 is 15.0 Å². The zero-order chi connectivity index (χ0) is 14.6. The summed E-state index contributed by atoms with van der Waals surface area (Å²) in [4.78, 5) is 4.43. The molecule has 0 aliphatic carbocycles. The summed E-state index contributed by atoms with van der Waals surface area (Å²) < 4.78 is 2.22. The van der Waals surface area contributed by atoms with E-state index >= 15 is 0 Å². The highest BCUT2D eigenvalue weighted by Gasteiger charge is 2.27. The van der Waals surface area contributed by atoms with E-state index in [-0.39, 0.29) is 12.1 Å². The van der Waals surface area contributed by atoms with Crippen molar-refractivity contribution in [1.29, 1.82) is 0 Å².